The molecular weight excluding hydrogens is 350 g/mol. The Labute approximate surface area is 163 Å². The van der Waals surface area contributed by atoms with Gasteiger partial charge in [-0.1, -0.05) is 25.0 Å². The second kappa shape index (κ2) is 10.8. The summed E-state index contributed by atoms with van der Waals surface area (Å²) in [4.78, 5) is 17.0. The molecule has 0 aromatic heterocycles. The van der Waals surface area contributed by atoms with Crippen LogP contribution in [-0.4, -0.2) is 62.1 Å². The van der Waals surface area contributed by atoms with Crippen LogP contribution in [0.1, 0.15) is 43.7 Å². The molecule has 2 saturated heterocycles. The number of methoxy groups -OCH3 is 1. The maximum atomic E-state index is 12.5. The number of nitrogens with one attached hydrogen (secondary N) is 1. The molecule has 1 amide bonds. The minimum absolute atomic E-state index is 0. The molecule has 2 fully saturated rings. The van der Waals surface area contributed by atoms with Crippen LogP contribution in [0.25, 0.3) is 0 Å². The van der Waals surface area contributed by atoms with E-state index < -0.39 is 0 Å². The van der Waals surface area contributed by atoms with Gasteiger partial charge in [0.15, 0.2) is 0 Å². The summed E-state index contributed by atoms with van der Waals surface area (Å²) in [6.07, 6.45) is 5.59. The first-order valence-electron chi connectivity index (χ1n) is 9.64. The van der Waals surface area contributed by atoms with Crippen molar-refractivity contribution in [2.45, 2.75) is 38.1 Å². The Bertz CT molecular complexity index is 546. The maximum Gasteiger partial charge on any atom is 0.223 e. The summed E-state index contributed by atoms with van der Waals surface area (Å²) < 4.78 is 5.29. The molecule has 146 valence electrons. The van der Waals surface area contributed by atoms with E-state index in [2.05, 4.69) is 22.3 Å². The average Bonchev–Trinajstić information content (AvgIpc) is 2.92. The largest absolute Gasteiger partial charge is 0.497 e. The first-order chi connectivity index (χ1) is 12.3. The van der Waals surface area contributed by atoms with Crippen molar-refractivity contribution in [3.63, 3.8) is 0 Å². The van der Waals surface area contributed by atoms with Gasteiger partial charge in [-0.25, -0.2) is 0 Å². The molecule has 0 saturated carbocycles. The number of piperazine rings is 1. The van der Waals surface area contributed by atoms with E-state index in [1.807, 2.05) is 17.0 Å². The molecule has 2 heterocycles. The van der Waals surface area contributed by atoms with E-state index in [-0.39, 0.29) is 12.4 Å². The molecule has 0 bridgehead atoms. The van der Waals surface area contributed by atoms with Crippen molar-refractivity contribution >= 4 is 18.3 Å². The van der Waals surface area contributed by atoms with Gasteiger partial charge in [0.2, 0.25) is 5.91 Å². The number of rotatable bonds is 5. The lowest BCUT2D eigenvalue weighted by molar-refractivity contribution is -0.132. The highest BCUT2D eigenvalue weighted by atomic mass is 35.5. The van der Waals surface area contributed by atoms with E-state index in [0.717, 1.165) is 45.0 Å². The first kappa shape index (κ1) is 21.0. The molecule has 2 aliphatic rings. The molecule has 0 aliphatic carbocycles. The molecule has 1 unspecified atom stereocenters. The minimum atomic E-state index is 0. The lowest BCUT2D eigenvalue weighted by Crippen LogP contribution is -2.47. The monoisotopic (exact) mass is 381 g/mol. The smallest absolute Gasteiger partial charge is 0.223 e. The van der Waals surface area contributed by atoms with Crippen molar-refractivity contribution < 1.29 is 9.53 Å². The van der Waals surface area contributed by atoms with Crippen molar-refractivity contribution in [2.24, 2.45) is 0 Å². The van der Waals surface area contributed by atoms with Crippen LogP contribution in [0.2, 0.25) is 0 Å². The summed E-state index contributed by atoms with van der Waals surface area (Å²) in [5.41, 5.74) is 1.34. The van der Waals surface area contributed by atoms with E-state index in [0.29, 0.717) is 18.4 Å². The molecule has 26 heavy (non-hydrogen) atoms. The van der Waals surface area contributed by atoms with Crippen LogP contribution in [0.5, 0.6) is 5.75 Å². The van der Waals surface area contributed by atoms with Crippen LogP contribution >= 0.6 is 12.4 Å². The number of halogens is 1. The molecule has 1 aromatic rings. The molecule has 0 radical (unpaired) electrons. The Kier molecular flexibility index (Phi) is 8.69. The third kappa shape index (κ3) is 5.60. The highest BCUT2D eigenvalue weighted by Gasteiger charge is 2.24. The fraction of sp³-hybridized carbons (Fsp3) is 0.650. The van der Waals surface area contributed by atoms with E-state index in [9.17, 15) is 4.79 Å². The van der Waals surface area contributed by atoms with Crippen molar-refractivity contribution in [2.75, 3.05) is 46.4 Å². The number of carbonyl (C=O) groups is 1. The van der Waals surface area contributed by atoms with E-state index in [4.69, 9.17) is 4.74 Å². The van der Waals surface area contributed by atoms with Gasteiger partial charge in [0.1, 0.15) is 5.75 Å². The highest BCUT2D eigenvalue weighted by Crippen LogP contribution is 2.31. The van der Waals surface area contributed by atoms with Crippen LogP contribution in [0.15, 0.2) is 24.3 Å². The van der Waals surface area contributed by atoms with Gasteiger partial charge in [0, 0.05) is 45.2 Å². The van der Waals surface area contributed by atoms with Gasteiger partial charge >= 0.3 is 0 Å². The number of ether oxygens (including phenoxy) is 1. The zero-order chi connectivity index (χ0) is 17.5. The molecule has 0 spiro atoms. The Morgan fingerprint density at radius 1 is 1.12 bits per heavy atom. The predicted octanol–water partition coefficient (Wildman–Crippen LogP) is 2.86. The summed E-state index contributed by atoms with van der Waals surface area (Å²) in [7, 11) is 1.70. The first-order valence-corrected chi connectivity index (χ1v) is 9.64. The molecule has 1 N–H and O–H groups in total. The number of hydrogen-bond acceptors (Lipinski definition) is 4. The quantitative estimate of drug-likeness (QED) is 0.851. The fourth-order valence-electron chi connectivity index (χ4n) is 3.95. The van der Waals surface area contributed by atoms with Gasteiger partial charge < -0.3 is 15.0 Å². The van der Waals surface area contributed by atoms with Crippen LogP contribution in [0.3, 0.4) is 0 Å². The molecule has 3 rings (SSSR count). The fourth-order valence-corrected chi connectivity index (χ4v) is 3.95. The van der Waals surface area contributed by atoms with Crippen molar-refractivity contribution in [3.8, 4) is 5.75 Å². The Morgan fingerprint density at radius 2 is 1.85 bits per heavy atom. The van der Waals surface area contributed by atoms with Crippen LogP contribution in [-0.2, 0) is 4.79 Å². The SMILES string of the molecule is COc1ccc(C2CCCCCN2CCC(=O)N2CCNCC2)cc1.Cl. The van der Waals surface area contributed by atoms with Gasteiger partial charge in [-0.05, 0) is 37.1 Å². The Balaban J connectivity index is 0.00000243. The normalized spacial score (nSPS) is 21.6. The summed E-state index contributed by atoms with van der Waals surface area (Å²) in [6, 6.07) is 8.87. The summed E-state index contributed by atoms with van der Waals surface area (Å²) in [5, 5.41) is 3.31. The predicted molar refractivity (Wildman–Crippen MR) is 107 cm³/mol. The van der Waals surface area contributed by atoms with E-state index >= 15 is 0 Å². The topological polar surface area (TPSA) is 44.8 Å². The van der Waals surface area contributed by atoms with Gasteiger partial charge in [0.05, 0.1) is 7.11 Å². The zero-order valence-electron chi connectivity index (χ0n) is 15.8. The standard InChI is InChI=1S/C20H31N3O2.ClH/c1-25-18-8-6-17(7-9-18)19-5-3-2-4-13-22(19)14-10-20(24)23-15-11-21-12-16-23;/h6-9,19,21H,2-5,10-16H2,1H3;1H. The number of likely N-dealkylation sites (tertiary alicyclic amines) is 1. The number of amides is 1. The van der Waals surface area contributed by atoms with E-state index in [1.54, 1.807) is 7.11 Å². The minimum Gasteiger partial charge on any atom is -0.497 e. The Morgan fingerprint density at radius 3 is 2.54 bits per heavy atom. The van der Waals surface area contributed by atoms with Crippen LogP contribution < -0.4 is 10.1 Å². The zero-order valence-corrected chi connectivity index (χ0v) is 16.6. The number of carbonyl (C=O) groups excluding carboxylic acids is 1. The summed E-state index contributed by atoms with van der Waals surface area (Å²) in [6.45, 7) is 5.49. The third-order valence-electron chi connectivity index (χ3n) is 5.45. The lowest BCUT2D eigenvalue weighted by atomic mass is 10.0. The van der Waals surface area contributed by atoms with Crippen molar-refractivity contribution in [3.05, 3.63) is 29.8 Å². The Hall–Kier alpha value is -1.30. The van der Waals surface area contributed by atoms with Gasteiger partial charge in [-0.15, -0.1) is 12.4 Å². The molecule has 6 heteroatoms. The number of benzene rings is 1. The molecule has 5 nitrogen and oxygen atoms in total. The number of hydrogen-bond donors (Lipinski definition) is 1. The van der Waals surface area contributed by atoms with E-state index in [1.165, 1.54) is 31.2 Å². The van der Waals surface area contributed by atoms with Crippen LogP contribution in [0, 0.1) is 0 Å². The van der Waals surface area contributed by atoms with Gasteiger partial charge in [-0.2, -0.15) is 0 Å². The number of nitrogens with zero attached hydrogens (tertiary/aromatic N) is 2. The van der Waals surface area contributed by atoms with Gasteiger partial charge in [-0.3, -0.25) is 9.69 Å². The highest BCUT2D eigenvalue weighted by molar-refractivity contribution is 5.85. The second-order valence-electron chi connectivity index (χ2n) is 7.06. The molecular formula is C20H32ClN3O2. The average molecular weight is 382 g/mol. The van der Waals surface area contributed by atoms with Crippen LogP contribution in [0.4, 0.5) is 0 Å². The molecule has 2 aliphatic heterocycles. The summed E-state index contributed by atoms with van der Waals surface area (Å²) in [5.74, 6) is 1.21. The third-order valence-corrected chi connectivity index (χ3v) is 5.45. The lowest BCUT2D eigenvalue weighted by Gasteiger charge is -2.32. The summed E-state index contributed by atoms with van der Waals surface area (Å²) >= 11 is 0. The molecule has 1 atom stereocenters. The molecule has 1 aromatic carbocycles. The van der Waals surface area contributed by atoms with Gasteiger partial charge in [0.25, 0.3) is 0 Å². The maximum absolute atomic E-state index is 12.5. The second-order valence-corrected chi connectivity index (χ2v) is 7.06. The van der Waals surface area contributed by atoms with Crippen molar-refractivity contribution in [1.29, 1.82) is 0 Å². The van der Waals surface area contributed by atoms with Crippen molar-refractivity contribution in [1.82, 2.24) is 15.1 Å².